The molecule has 1 heterocycles. The first-order valence-electron chi connectivity index (χ1n) is 9.70. The molecule has 1 fully saturated rings. The van der Waals surface area contributed by atoms with E-state index in [2.05, 4.69) is 0 Å². The zero-order valence-electron chi connectivity index (χ0n) is 15.9. The van der Waals surface area contributed by atoms with E-state index in [4.69, 9.17) is 4.74 Å². The van der Waals surface area contributed by atoms with Gasteiger partial charge in [-0.15, -0.1) is 0 Å². The van der Waals surface area contributed by atoms with E-state index in [1.54, 1.807) is 0 Å². The van der Waals surface area contributed by atoms with Gasteiger partial charge in [-0.1, -0.05) is 60.7 Å². The van der Waals surface area contributed by atoms with Gasteiger partial charge in [-0.25, -0.2) is 0 Å². The summed E-state index contributed by atoms with van der Waals surface area (Å²) in [5.41, 5.74) is 1.93. The van der Waals surface area contributed by atoms with Crippen molar-refractivity contribution in [3.8, 4) is 0 Å². The van der Waals surface area contributed by atoms with Gasteiger partial charge in [0.2, 0.25) is 5.78 Å². The molecule has 2 aromatic rings. The highest BCUT2D eigenvalue weighted by Crippen LogP contribution is 2.19. The Kier molecular flexibility index (Phi) is 6.95. The third-order valence-corrected chi connectivity index (χ3v) is 4.97. The van der Waals surface area contributed by atoms with E-state index in [1.165, 1.54) is 4.90 Å². The fourth-order valence-electron chi connectivity index (χ4n) is 3.42. The molecule has 146 valence electrons. The topological polar surface area (TPSA) is 63.7 Å². The molecule has 1 aliphatic heterocycles. The molecule has 0 radical (unpaired) electrons. The molecule has 1 atom stereocenters. The van der Waals surface area contributed by atoms with Crippen LogP contribution in [-0.4, -0.2) is 42.3 Å². The summed E-state index contributed by atoms with van der Waals surface area (Å²) in [7, 11) is 0. The van der Waals surface area contributed by atoms with Gasteiger partial charge in [-0.05, 0) is 24.0 Å². The minimum atomic E-state index is -0.509. The van der Waals surface area contributed by atoms with E-state index in [0.29, 0.717) is 32.4 Å². The lowest BCUT2D eigenvalue weighted by atomic mass is 9.97. The lowest BCUT2D eigenvalue weighted by Crippen LogP contribution is -2.46. The number of likely N-dealkylation sites (tertiary alicyclic amines) is 1. The average Bonchev–Trinajstić information content (AvgIpc) is 2.74. The molecule has 2 aromatic carbocycles. The third-order valence-electron chi connectivity index (χ3n) is 4.97. The van der Waals surface area contributed by atoms with Gasteiger partial charge in [0.15, 0.2) is 0 Å². The molecule has 0 N–H and O–H groups in total. The van der Waals surface area contributed by atoms with Gasteiger partial charge >= 0.3 is 5.97 Å². The lowest BCUT2D eigenvalue weighted by molar-refractivity contribution is -0.153. The first-order chi connectivity index (χ1) is 13.6. The number of Topliss-reactive ketones (excluding diaryl/α,β-unsaturated/α-hetero) is 1. The van der Waals surface area contributed by atoms with Crippen LogP contribution in [0.4, 0.5) is 0 Å². The number of carbonyl (C=O) groups excluding carboxylic acids is 3. The molecule has 0 saturated carbocycles. The predicted octanol–water partition coefficient (Wildman–Crippen LogP) is 2.82. The van der Waals surface area contributed by atoms with Crippen molar-refractivity contribution in [2.45, 2.75) is 25.7 Å². The van der Waals surface area contributed by atoms with Crippen LogP contribution in [0.1, 0.15) is 24.0 Å². The Bertz CT molecular complexity index is 804. The Morgan fingerprint density at radius 1 is 0.929 bits per heavy atom. The zero-order valence-corrected chi connectivity index (χ0v) is 15.9. The maximum absolute atomic E-state index is 12.5. The molecule has 0 spiro atoms. The summed E-state index contributed by atoms with van der Waals surface area (Å²) < 4.78 is 5.41. The highest BCUT2D eigenvalue weighted by Gasteiger charge is 2.31. The third kappa shape index (κ3) is 5.52. The second kappa shape index (κ2) is 9.83. The van der Waals surface area contributed by atoms with Gasteiger partial charge in [-0.3, -0.25) is 14.4 Å². The summed E-state index contributed by atoms with van der Waals surface area (Å²) >= 11 is 0. The SMILES string of the molecule is O=C(Cc1ccccc1)C(=O)N1CCCC(C(=O)OCCc2ccccc2)C1. The monoisotopic (exact) mass is 379 g/mol. The highest BCUT2D eigenvalue weighted by atomic mass is 16.5. The van der Waals surface area contributed by atoms with Crippen LogP contribution in [0.2, 0.25) is 0 Å². The van der Waals surface area contributed by atoms with Crippen LogP contribution in [0.15, 0.2) is 60.7 Å². The number of hydrogen-bond acceptors (Lipinski definition) is 4. The van der Waals surface area contributed by atoms with Crippen molar-refractivity contribution < 1.29 is 19.1 Å². The normalized spacial score (nSPS) is 16.4. The number of esters is 1. The molecule has 0 aliphatic carbocycles. The summed E-state index contributed by atoms with van der Waals surface area (Å²) in [5, 5.41) is 0. The largest absolute Gasteiger partial charge is 0.465 e. The van der Waals surface area contributed by atoms with Gasteiger partial charge < -0.3 is 9.64 Å². The second-order valence-electron chi connectivity index (χ2n) is 7.08. The molecule has 1 aliphatic rings. The number of ether oxygens (including phenoxy) is 1. The van der Waals surface area contributed by atoms with Crippen LogP contribution in [0.25, 0.3) is 0 Å². The Morgan fingerprint density at radius 2 is 1.57 bits per heavy atom. The number of carbonyl (C=O) groups is 3. The average molecular weight is 379 g/mol. The van der Waals surface area contributed by atoms with E-state index < -0.39 is 11.7 Å². The summed E-state index contributed by atoms with van der Waals surface area (Å²) in [6.45, 7) is 1.08. The molecule has 1 unspecified atom stereocenters. The number of nitrogens with zero attached hydrogens (tertiary/aromatic N) is 1. The number of rotatable bonds is 7. The maximum Gasteiger partial charge on any atom is 0.310 e. The Morgan fingerprint density at radius 3 is 2.25 bits per heavy atom. The zero-order chi connectivity index (χ0) is 19.8. The maximum atomic E-state index is 12.5. The first-order valence-corrected chi connectivity index (χ1v) is 9.70. The van der Waals surface area contributed by atoms with Crippen LogP contribution in [0, 0.1) is 5.92 Å². The smallest absolute Gasteiger partial charge is 0.310 e. The van der Waals surface area contributed by atoms with Gasteiger partial charge in [0.25, 0.3) is 5.91 Å². The number of ketones is 1. The van der Waals surface area contributed by atoms with Crippen LogP contribution < -0.4 is 0 Å². The van der Waals surface area contributed by atoms with Crippen molar-refractivity contribution in [1.82, 2.24) is 4.90 Å². The van der Waals surface area contributed by atoms with Gasteiger partial charge in [0.1, 0.15) is 0 Å². The number of piperidine rings is 1. The predicted molar refractivity (Wildman–Crippen MR) is 106 cm³/mol. The Balaban J connectivity index is 1.48. The van der Waals surface area contributed by atoms with Crippen molar-refractivity contribution in [2.75, 3.05) is 19.7 Å². The molecule has 0 aromatic heterocycles. The minimum Gasteiger partial charge on any atom is -0.465 e. The Labute approximate surface area is 165 Å². The quantitative estimate of drug-likeness (QED) is 0.548. The van der Waals surface area contributed by atoms with E-state index in [1.807, 2.05) is 60.7 Å². The Hall–Kier alpha value is -2.95. The highest BCUT2D eigenvalue weighted by molar-refractivity contribution is 6.36. The molecule has 1 amide bonds. The summed E-state index contributed by atoms with van der Waals surface area (Å²) in [4.78, 5) is 38.7. The molecular weight excluding hydrogens is 354 g/mol. The second-order valence-corrected chi connectivity index (χ2v) is 7.08. The molecule has 5 heteroatoms. The molecule has 1 saturated heterocycles. The summed E-state index contributed by atoms with van der Waals surface area (Å²) in [6, 6.07) is 19.0. The summed E-state index contributed by atoms with van der Waals surface area (Å²) in [5.74, 6) is -1.60. The van der Waals surface area contributed by atoms with Crippen LogP contribution in [-0.2, 0) is 32.0 Å². The molecule has 5 nitrogen and oxygen atoms in total. The molecule has 3 rings (SSSR count). The first kappa shape index (κ1) is 19.8. The molecule has 28 heavy (non-hydrogen) atoms. The fourth-order valence-corrected chi connectivity index (χ4v) is 3.42. The van der Waals surface area contributed by atoms with Crippen molar-refractivity contribution >= 4 is 17.7 Å². The van der Waals surface area contributed by atoms with E-state index in [9.17, 15) is 14.4 Å². The van der Waals surface area contributed by atoms with Crippen molar-refractivity contribution in [3.63, 3.8) is 0 Å². The van der Waals surface area contributed by atoms with E-state index in [0.717, 1.165) is 11.1 Å². The number of hydrogen-bond donors (Lipinski definition) is 0. The molecule has 0 bridgehead atoms. The molecular formula is C23H25NO4. The van der Waals surface area contributed by atoms with Crippen LogP contribution in [0.3, 0.4) is 0 Å². The number of amides is 1. The lowest BCUT2D eigenvalue weighted by Gasteiger charge is -2.31. The fraction of sp³-hybridized carbons (Fsp3) is 0.348. The summed E-state index contributed by atoms with van der Waals surface area (Å²) in [6.07, 6.45) is 2.13. The van der Waals surface area contributed by atoms with Crippen LogP contribution in [0.5, 0.6) is 0 Å². The van der Waals surface area contributed by atoms with Crippen molar-refractivity contribution in [3.05, 3.63) is 71.8 Å². The van der Waals surface area contributed by atoms with Crippen molar-refractivity contribution in [2.24, 2.45) is 5.92 Å². The minimum absolute atomic E-state index is 0.0857. The van der Waals surface area contributed by atoms with E-state index in [-0.39, 0.29) is 24.9 Å². The van der Waals surface area contributed by atoms with Crippen LogP contribution >= 0.6 is 0 Å². The standard InChI is InChI=1S/C23H25NO4/c25-21(16-19-10-5-2-6-11-19)22(26)24-14-7-12-20(17-24)23(27)28-15-13-18-8-3-1-4-9-18/h1-6,8-11,20H,7,12-17H2. The van der Waals surface area contributed by atoms with Gasteiger partial charge in [0, 0.05) is 25.9 Å². The van der Waals surface area contributed by atoms with Gasteiger partial charge in [-0.2, -0.15) is 0 Å². The number of benzene rings is 2. The van der Waals surface area contributed by atoms with E-state index >= 15 is 0 Å². The van der Waals surface area contributed by atoms with Crippen molar-refractivity contribution in [1.29, 1.82) is 0 Å². The van der Waals surface area contributed by atoms with Gasteiger partial charge in [0.05, 0.1) is 12.5 Å².